The van der Waals surface area contributed by atoms with Crippen molar-refractivity contribution in [3.05, 3.63) is 121 Å². The molecule has 0 fully saturated rings. The SMILES string of the molecule is C=C(C)c1ccc(-c2ccc(-c3cc(C#N)cc(-c4ccccn4)c3)c3ccccc23)cc1. The summed E-state index contributed by atoms with van der Waals surface area (Å²) in [6.07, 6.45) is 1.78. The van der Waals surface area contributed by atoms with Gasteiger partial charge in [-0.2, -0.15) is 5.26 Å². The molecule has 4 aromatic carbocycles. The van der Waals surface area contributed by atoms with Crippen molar-refractivity contribution in [1.82, 2.24) is 4.98 Å². The molecule has 156 valence electrons. The smallest absolute Gasteiger partial charge is 0.0992 e. The van der Waals surface area contributed by atoms with E-state index < -0.39 is 0 Å². The number of fused-ring (bicyclic) bond motifs is 1. The van der Waals surface area contributed by atoms with Gasteiger partial charge in [-0.05, 0) is 75.8 Å². The van der Waals surface area contributed by atoms with Crippen molar-refractivity contribution in [2.75, 3.05) is 0 Å². The first-order valence-corrected chi connectivity index (χ1v) is 10.9. The highest BCUT2D eigenvalue weighted by molar-refractivity contribution is 6.05. The fraction of sp³-hybridized carbons (Fsp3) is 0.0323. The molecule has 0 amide bonds. The number of rotatable bonds is 4. The number of allylic oxidation sites excluding steroid dienone is 1. The minimum atomic E-state index is 0.622. The van der Waals surface area contributed by atoms with Crippen molar-refractivity contribution in [2.45, 2.75) is 6.92 Å². The van der Waals surface area contributed by atoms with Gasteiger partial charge in [-0.1, -0.05) is 78.9 Å². The van der Waals surface area contributed by atoms with E-state index in [-0.39, 0.29) is 0 Å². The summed E-state index contributed by atoms with van der Waals surface area (Å²) < 4.78 is 0. The second-order valence-corrected chi connectivity index (χ2v) is 8.19. The molecular weight excluding hydrogens is 400 g/mol. The molecule has 0 saturated carbocycles. The Balaban J connectivity index is 1.69. The van der Waals surface area contributed by atoms with E-state index in [2.05, 4.69) is 84.4 Å². The predicted molar refractivity (Wildman–Crippen MR) is 137 cm³/mol. The van der Waals surface area contributed by atoms with Crippen LogP contribution in [-0.2, 0) is 0 Å². The first-order chi connectivity index (χ1) is 16.1. The minimum Gasteiger partial charge on any atom is -0.256 e. The maximum Gasteiger partial charge on any atom is 0.0992 e. The molecule has 2 nitrogen and oxygen atoms in total. The molecule has 0 saturated heterocycles. The number of nitriles is 1. The summed E-state index contributed by atoms with van der Waals surface area (Å²) in [4.78, 5) is 4.48. The minimum absolute atomic E-state index is 0.622. The lowest BCUT2D eigenvalue weighted by Crippen LogP contribution is -1.90. The Kier molecular flexibility index (Phi) is 5.30. The van der Waals surface area contributed by atoms with Crippen LogP contribution in [0.4, 0.5) is 0 Å². The molecule has 1 aromatic heterocycles. The van der Waals surface area contributed by atoms with Crippen molar-refractivity contribution < 1.29 is 0 Å². The van der Waals surface area contributed by atoms with Crippen LogP contribution in [0, 0.1) is 11.3 Å². The first-order valence-electron chi connectivity index (χ1n) is 10.9. The fourth-order valence-corrected chi connectivity index (χ4v) is 4.27. The van der Waals surface area contributed by atoms with E-state index in [1.807, 2.05) is 37.3 Å². The van der Waals surface area contributed by atoms with Crippen molar-refractivity contribution in [3.8, 4) is 39.6 Å². The zero-order valence-corrected chi connectivity index (χ0v) is 18.4. The quantitative estimate of drug-likeness (QED) is 0.293. The summed E-state index contributed by atoms with van der Waals surface area (Å²) in [5.41, 5.74) is 9.08. The lowest BCUT2D eigenvalue weighted by molar-refractivity contribution is 1.32. The Morgan fingerprint density at radius 3 is 1.97 bits per heavy atom. The van der Waals surface area contributed by atoms with Gasteiger partial charge in [0.1, 0.15) is 0 Å². The lowest BCUT2D eigenvalue weighted by atomic mass is 9.90. The molecule has 1 heterocycles. The number of nitrogens with zero attached hydrogens (tertiary/aromatic N) is 2. The van der Waals surface area contributed by atoms with Crippen LogP contribution in [0.2, 0.25) is 0 Å². The topological polar surface area (TPSA) is 36.7 Å². The fourth-order valence-electron chi connectivity index (χ4n) is 4.27. The molecule has 0 unspecified atom stereocenters. The van der Waals surface area contributed by atoms with Gasteiger partial charge in [0.15, 0.2) is 0 Å². The summed E-state index contributed by atoms with van der Waals surface area (Å²) in [6, 6.07) is 35.4. The van der Waals surface area contributed by atoms with Gasteiger partial charge >= 0.3 is 0 Å². The molecule has 0 N–H and O–H groups in total. The molecule has 0 atom stereocenters. The predicted octanol–water partition coefficient (Wildman–Crippen LogP) is 8.14. The van der Waals surface area contributed by atoms with Crippen LogP contribution in [0.15, 0.2) is 110 Å². The van der Waals surface area contributed by atoms with E-state index in [0.717, 1.165) is 38.9 Å². The van der Waals surface area contributed by atoms with Crippen molar-refractivity contribution >= 4 is 16.3 Å². The van der Waals surface area contributed by atoms with E-state index in [1.165, 1.54) is 16.5 Å². The zero-order valence-electron chi connectivity index (χ0n) is 18.4. The summed E-state index contributed by atoms with van der Waals surface area (Å²) in [6.45, 7) is 6.06. The van der Waals surface area contributed by atoms with Crippen molar-refractivity contribution in [1.29, 1.82) is 5.26 Å². The average Bonchev–Trinajstić information content (AvgIpc) is 2.88. The van der Waals surface area contributed by atoms with Crippen molar-refractivity contribution in [3.63, 3.8) is 0 Å². The van der Waals surface area contributed by atoms with E-state index >= 15 is 0 Å². The van der Waals surface area contributed by atoms with Gasteiger partial charge in [0.05, 0.1) is 17.3 Å². The molecule has 5 aromatic rings. The van der Waals surface area contributed by atoms with E-state index in [1.54, 1.807) is 6.20 Å². The molecule has 0 aliphatic carbocycles. The van der Waals surface area contributed by atoms with Gasteiger partial charge in [-0.25, -0.2) is 0 Å². The summed E-state index contributed by atoms with van der Waals surface area (Å²) in [5, 5.41) is 12.0. The Morgan fingerprint density at radius 1 is 0.727 bits per heavy atom. The second kappa shape index (κ2) is 8.57. The van der Waals surface area contributed by atoms with Gasteiger partial charge in [-0.3, -0.25) is 4.98 Å². The van der Waals surface area contributed by atoms with Crippen LogP contribution < -0.4 is 0 Å². The molecule has 0 radical (unpaired) electrons. The standard InChI is InChI=1S/C31H22N2/c1-21(2)23-10-12-24(13-11-23)27-14-15-28(30-8-4-3-7-29(27)30)25-17-22(20-32)18-26(19-25)31-9-5-6-16-33-31/h3-19H,1H2,2H3. The van der Waals surface area contributed by atoms with E-state index in [4.69, 9.17) is 0 Å². The van der Waals surface area contributed by atoms with Crippen LogP contribution in [0.5, 0.6) is 0 Å². The summed E-state index contributed by atoms with van der Waals surface area (Å²) >= 11 is 0. The van der Waals surface area contributed by atoms with Gasteiger partial charge in [0, 0.05) is 11.8 Å². The maximum absolute atomic E-state index is 9.67. The number of pyridine rings is 1. The summed E-state index contributed by atoms with van der Waals surface area (Å²) in [5.74, 6) is 0. The van der Waals surface area contributed by atoms with E-state index in [0.29, 0.717) is 5.56 Å². The number of benzene rings is 4. The highest BCUT2D eigenvalue weighted by Crippen LogP contribution is 2.37. The zero-order chi connectivity index (χ0) is 22.8. The molecule has 5 rings (SSSR count). The molecule has 0 spiro atoms. The Morgan fingerprint density at radius 2 is 1.36 bits per heavy atom. The van der Waals surface area contributed by atoms with Crippen LogP contribution in [-0.4, -0.2) is 4.98 Å². The monoisotopic (exact) mass is 422 g/mol. The second-order valence-electron chi connectivity index (χ2n) is 8.19. The number of aromatic nitrogens is 1. The third-order valence-electron chi connectivity index (χ3n) is 5.95. The molecular formula is C31H22N2. The van der Waals surface area contributed by atoms with E-state index in [9.17, 15) is 5.26 Å². The maximum atomic E-state index is 9.67. The molecule has 0 aliphatic heterocycles. The van der Waals surface area contributed by atoms with Gasteiger partial charge in [0.2, 0.25) is 0 Å². The number of hydrogen-bond donors (Lipinski definition) is 0. The molecule has 0 aliphatic rings. The normalized spacial score (nSPS) is 10.7. The van der Waals surface area contributed by atoms with Crippen LogP contribution in [0.25, 0.3) is 49.9 Å². The number of hydrogen-bond acceptors (Lipinski definition) is 2. The largest absolute Gasteiger partial charge is 0.256 e. The molecule has 2 heteroatoms. The van der Waals surface area contributed by atoms with Crippen molar-refractivity contribution in [2.24, 2.45) is 0 Å². The Hall–Kier alpha value is -4.48. The van der Waals surface area contributed by atoms with Gasteiger partial charge < -0.3 is 0 Å². The van der Waals surface area contributed by atoms with Gasteiger partial charge in [-0.15, -0.1) is 0 Å². The summed E-state index contributed by atoms with van der Waals surface area (Å²) in [7, 11) is 0. The first kappa shape index (κ1) is 20.4. The highest BCUT2D eigenvalue weighted by Gasteiger charge is 2.12. The molecule has 33 heavy (non-hydrogen) atoms. The van der Waals surface area contributed by atoms with Gasteiger partial charge in [0.25, 0.3) is 0 Å². The van der Waals surface area contributed by atoms with Crippen LogP contribution >= 0.6 is 0 Å². The van der Waals surface area contributed by atoms with Crippen LogP contribution in [0.3, 0.4) is 0 Å². The van der Waals surface area contributed by atoms with Crippen LogP contribution in [0.1, 0.15) is 18.1 Å². The highest BCUT2D eigenvalue weighted by atomic mass is 14.7. The Labute approximate surface area is 194 Å². The average molecular weight is 423 g/mol. The third kappa shape index (κ3) is 3.93. The molecule has 0 bridgehead atoms. The lowest BCUT2D eigenvalue weighted by Gasteiger charge is -2.14. The Bertz CT molecular complexity index is 1520. The third-order valence-corrected chi connectivity index (χ3v) is 5.95.